The minimum atomic E-state index is -2.45. The maximum Gasteiger partial charge on any atom is 0.327 e. The van der Waals surface area contributed by atoms with Crippen LogP contribution in [0.2, 0.25) is 5.02 Å². The molecule has 2 heterocycles. The Bertz CT molecular complexity index is 1100. The summed E-state index contributed by atoms with van der Waals surface area (Å²) in [6, 6.07) is 13.1. The number of aliphatic hydroxyl groups is 2. The highest BCUT2D eigenvalue weighted by atomic mass is 35.5. The topological polar surface area (TPSA) is 107 Å². The summed E-state index contributed by atoms with van der Waals surface area (Å²) in [5.41, 5.74) is -4.47. The van der Waals surface area contributed by atoms with Gasteiger partial charge in [0.2, 0.25) is 17.1 Å². The summed E-state index contributed by atoms with van der Waals surface area (Å²) in [7, 11) is 0. The first-order chi connectivity index (χ1) is 13.8. The Balaban J connectivity index is 1.68. The molecule has 5 rings (SSSR count). The number of benzene rings is 2. The summed E-state index contributed by atoms with van der Waals surface area (Å²) in [4.78, 5) is 27.4. The molecule has 8 nitrogen and oxygen atoms in total. The molecule has 0 radical (unpaired) electrons. The monoisotopic (exact) mass is 413 g/mol. The van der Waals surface area contributed by atoms with Crippen molar-refractivity contribution in [2.75, 3.05) is 13.1 Å². The van der Waals surface area contributed by atoms with Gasteiger partial charge in [-0.2, -0.15) is 0 Å². The van der Waals surface area contributed by atoms with Gasteiger partial charge in [-0.25, -0.2) is 0 Å². The van der Waals surface area contributed by atoms with Gasteiger partial charge in [0.25, 0.3) is 0 Å². The van der Waals surface area contributed by atoms with E-state index in [1.54, 1.807) is 41.3 Å². The molecular formula is C20H16ClN3O5. The Morgan fingerprint density at radius 3 is 2.48 bits per heavy atom. The number of nitro groups is 1. The van der Waals surface area contributed by atoms with Gasteiger partial charge in [0.05, 0.1) is 4.92 Å². The Hall–Kier alpha value is -2.94. The molecule has 2 aliphatic heterocycles. The lowest BCUT2D eigenvalue weighted by Gasteiger charge is -2.34. The minimum Gasteiger partial charge on any atom is -0.370 e. The van der Waals surface area contributed by atoms with Crippen LogP contribution in [-0.2, 0) is 12.1 Å². The summed E-state index contributed by atoms with van der Waals surface area (Å²) >= 11 is 5.92. The fourth-order valence-electron chi connectivity index (χ4n) is 4.68. The number of nitrogens with zero attached hydrogens (tertiary/aromatic N) is 3. The van der Waals surface area contributed by atoms with E-state index in [9.17, 15) is 25.1 Å². The predicted octanol–water partition coefficient (Wildman–Crippen LogP) is 1.69. The molecule has 3 aliphatic rings. The van der Waals surface area contributed by atoms with Crippen LogP contribution in [0.4, 0.5) is 0 Å². The average Bonchev–Trinajstić information content (AvgIpc) is 3.24. The highest BCUT2D eigenvalue weighted by Gasteiger charge is 2.78. The van der Waals surface area contributed by atoms with Gasteiger partial charge in [0.1, 0.15) is 0 Å². The summed E-state index contributed by atoms with van der Waals surface area (Å²) in [5.74, 6) is -0.670. The van der Waals surface area contributed by atoms with Crippen LogP contribution >= 0.6 is 11.6 Å². The van der Waals surface area contributed by atoms with Crippen molar-refractivity contribution in [3.8, 4) is 0 Å². The van der Waals surface area contributed by atoms with Crippen molar-refractivity contribution in [2.24, 2.45) is 0 Å². The van der Waals surface area contributed by atoms with Crippen molar-refractivity contribution >= 4 is 17.4 Å². The molecule has 2 atom stereocenters. The van der Waals surface area contributed by atoms with E-state index in [2.05, 4.69) is 0 Å². The van der Waals surface area contributed by atoms with E-state index in [0.717, 1.165) is 5.56 Å². The molecule has 29 heavy (non-hydrogen) atoms. The van der Waals surface area contributed by atoms with E-state index >= 15 is 0 Å². The van der Waals surface area contributed by atoms with Crippen molar-refractivity contribution in [3.63, 3.8) is 0 Å². The standard InChI is InChI=1S/C20H16ClN3O5/c21-13-7-5-12(6-8-13)11-22-9-10-23-18(22)16(24(28)29)19(26)15-4-2-1-3-14(15)17(25)20(19,23)27/h1-8,26-27H,9-11H2. The SMILES string of the molecule is O=C1c2ccccc2C2(O)C([N+](=O)[O-])=C3N(Cc4ccc(Cl)cc4)CCN3C12O. The first-order valence-electron chi connectivity index (χ1n) is 9.05. The van der Waals surface area contributed by atoms with Crippen molar-refractivity contribution in [1.29, 1.82) is 0 Å². The van der Waals surface area contributed by atoms with E-state index < -0.39 is 27.7 Å². The zero-order chi connectivity index (χ0) is 20.6. The normalized spacial score (nSPS) is 27.3. The molecule has 0 saturated carbocycles. The Morgan fingerprint density at radius 1 is 1.10 bits per heavy atom. The van der Waals surface area contributed by atoms with Crippen molar-refractivity contribution in [2.45, 2.75) is 17.9 Å². The molecule has 0 aromatic heterocycles. The van der Waals surface area contributed by atoms with Gasteiger partial charge in [-0.05, 0) is 17.7 Å². The first-order valence-corrected chi connectivity index (χ1v) is 9.43. The number of fused-ring (bicyclic) bond motifs is 5. The third kappa shape index (κ3) is 2.08. The predicted molar refractivity (Wildman–Crippen MR) is 102 cm³/mol. The van der Waals surface area contributed by atoms with Crippen LogP contribution in [0.1, 0.15) is 21.5 Å². The van der Waals surface area contributed by atoms with Crippen molar-refractivity contribution < 1.29 is 19.9 Å². The summed E-state index contributed by atoms with van der Waals surface area (Å²) in [6.45, 7) is 0.832. The Morgan fingerprint density at radius 2 is 1.79 bits per heavy atom. The fourth-order valence-corrected chi connectivity index (χ4v) is 4.81. The third-order valence-electron chi connectivity index (χ3n) is 5.95. The molecule has 2 unspecified atom stereocenters. The van der Waals surface area contributed by atoms with Crippen LogP contribution < -0.4 is 0 Å². The molecule has 0 bridgehead atoms. The lowest BCUT2D eigenvalue weighted by Crippen LogP contribution is -2.59. The molecule has 0 amide bonds. The van der Waals surface area contributed by atoms with Crippen LogP contribution in [0.15, 0.2) is 60.0 Å². The van der Waals surface area contributed by atoms with Gasteiger partial charge < -0.3 is 20.0 Å². The highest BCUT2D eigenvalue weighted by Crippen LogP contribution is 2.58. The number of carbonyl (C=O) groups excluding carboxylic acids is 1. The zero-order valence-corrected chi connectivity index (χ0v) is 15.8. The lowest BCUT2D eigenvalue weighted by atomic mass is 9.88. The molecule has 148 valence electrons. The summed E-state index contributed by atoms with van der Waals surface area (Å²) < 4.78 is 0. The van der Waals surface area contributed by atoms with Crippen LogP contribution in [0.25, 0.3) is 0 Å². The molecule has 9 heteroatoms. The lowest BCUT2D eigenvalue weighted by molar-refractivity contribution is -0.450. The molecule has 2 aromatic rings. The highest BCUT2D eigenvalue weighted by molar-refractivity contribution is 6.30. The Labute approximate surface area is 170 Å². The summed E-state index contributed by atoms with van der Waals surface area (Å²) in [6.07, 6.45) is 0. The van der Waals surface area contributed by atoms with Gasteiger partial charge in [0, 0.05) is 35.8 Å². The van der Waals surface area contributed by atoms with E-state index in [1.165, 1.54) is 17.0 Å². The molecule has 1 aliphatic carbocycles. The minimum absolute atomic E-state index is 0.0487. The number of carbonyl (C=O) groups is 1. The van der Waals surface area contributed by atoms with Gasteiger partial charge >= 0.3 is 5.70 Å². The fraction of sp³-hybridized carbons (Fsp3) is 0.250. The first kappa shape index (κ1) is 18.1. The van der Waals surface area contributed by atoms with Gasteiger partial charge in [-0.3, -0.25) is 14.9 Å². The second kappa shape index (κ2) is 5.79. The van der Waals surface area contributed by atoms with Crippen LogP contribution in [0, 0.1) is 10.1 Å². The van der Waals surface area contributed by atoms with Crippen molar-refractivity contribution in [3.05, 3.63) is 91.9 Å². The smallest absolute Gasteiger partial charge is 0.327 e. The number of halogens is 1. The Kier molecular flexibility index (Phi) is 3.62. The van der Waals surface area contributed by atoms with E-state index in [-0.39, 0.29) is 23.5 Å². The van der Waals surface area contributed by atoms with Gasteiger partial charge in [0.15, 0.2) is 5.82 Å². The molecule has 1 saturated heterocycles. The van der Waals surface area contributed by atoms with Crippen molar-refractivity contribution in [1.82, 2.24) is 9.80 Å². The third-order valence-corrected chi connectivity index (χ3v) is 6.20. The molecule has 1 fully saturated rings. The molecule has 2 aromatic carbocycles. The van der Waals surface area contributed by atoms with Crippen LogP contribution in [0.5, 0.6) is 0 Å². The molecule has 2 N–H and O–H groups in total. The summed E-state index contributed by atoms with van der Waals surface area (Å²) in [5, 5.41) is 35.6. The molecular weight excluding hydrogens is 398 g/mol. The average molecular weight is 414 g/mol. The van der Waals surface area contributed by atoms with Crippen LogP contribution in [-0.4, -0.2) is 49.5 Å². The number of rotatable bonds is 3. The second-order valence-corrected chi connectivity index (χ2v) is 7.82. The number of hydrogen-bond donors (Lipinski definition) is 2. The zero-order valence-electron chi connectivity index (χ0n) is 15.1. The van der Waals surface area contributed by atoms with E-state index in [1.807, 2.05) is 0 Å². The van der Waals surface area contributed by atoms with E-state index in [0.29, 0.717) is 18.1 Å². The number of Topliss-reactive ketones (excluding diaryl/α,β-unsaturated/α-hetero) is 1. The van der Waals surface area contributed by atoms with Gasteiger partial charge in [-0.1, -0.05) is 48.0 Å². The second-order valence-electron chi connectivity index (χ2n) is 7.39. The number of hydrogen-bond acceptors (Lipinski definition) is 7. The molecule has 0 spiro atoms. The van der Waals surface area contributed by atoms with Crippen LogP contribution in [0.3, 0.4) is 0 Å². The number of ketones is 1. The quantitative estimate of drug-likeness (QED) is 0.582. The largest absolute Gasteiger partial charge is 0.370 e. The maximum atomic E-state index is 13.1. The maximum absolute atomic E-state index is 13.1. The van der Waals surface area contributed by atoms with E-state index in [4.69, 9.17) is 11.6 Å². The van der Waals surface area contributed by atoms with Gasteiger partial charge in [-0.15, -0.1) is 0 Å².